The summed E-state index contributed by atoms with van der Waals surface area (Å²) in [5.74, 6) is 2.68. The molecule has 5 atom stereocenters. The smallest absolute Gasteiger partial charge is 0.253 e. The number of hydrogen-bond acceptors (Lipinski definition) is 3. The van der Waals surface area contributed by atoms with Crippen LogP contribution in [0.25, 0.3) is 0 Å². The first-order valence-electron chi connectivity index (χ1n) is 9.32. The Bertz CT molecular complexity index is 839. The quantitative estimate of drug-likeness (QED) is 0.850. The zero-order valence-corrected chi connectivity index (χ0v) is 16.7. The van der Waals surface area contributed by atoms with Gasteiger partial charge in [0, 0.05) is 20.1 Å². The lowest BCUT2D eigenvalue weighted by Gasteiger charge is -2.32. The number of hydrogen-bond donors (Lipinski definition) is 1. The highest BCUT2D eigenvalue weighted by atomic mass is 35.5. The molecular formula is C19H25ClN2O3S. The van der Waals surface area contributed by atoms with E-state index in [1.165, 1.54) is 58.0 Å². The Labute approximate surface area is 160 Å². The molecule has 0 radical (unpaired) electrons. The van der Waals surface area contributed by atoms with Gasteiger partial charge in [-0.25, -0.2) is 12.7 Å². The van der Waals surface area contributed by atoms with Gasteiger partial charge in [0.15, 0.2) is 0 Å². The van der Waals surface area contributed by atoms with Gasteiger partial charge in [-0.05, 0) is 67.6 Å². The highest BCUT2D eigenvalue weighted by Crippen LogP contribution is 2.58. The summed E-state index contributed by atoms with van der Waals surface area (Å²) in [7, 11) is -0.664. The summed E-state index contributed by atoms with van der Waals surface area (Å²) in [4.78, 5) is 12.9. The van der Waals surface area contributed by atoms with E-state index < -0.39 is 10.0 Å². The highest BCUT2D eigenvalue weighted by molar-refractivity contribution is 7.89. The Balaban J connectivity index is 1.54. The highest BCUT2D eigenvalue weighted by Gasteiger charge is 2.54. The molecule has 142 valence electrons. The molecule has 0 aliphatic heterocycles. The molecule has 3 aliphatic carbocycles. The lowest BCUT2D eigenvalue weighted by Crippen LogP contribution is -2.42. The van der Waals surface area contributed by atoms with Gasteiger partial charge in [0.05, 0.1) is 15.5 Å². The molecule has 0 aromatic heterocycles. The van der Waals surface area contributed by atoms with Crippen LogP contribution in [0.1, 0.15) is 42.5 Å². The van der Waals surface area contributed by atoms with Crippen molar-refractivity contribution < 1.29 is 13.2 Å². The van der Waals surface area contributed by atoms with Crippen molar-refractivity contribution in [3.63, 3.8) is 0 Å². The molecule has 1 aromatic rings. The summed E-state index contributed by atoms with van der Waals surface area (Å²) < 4.78 is 25.8. The maximum absolute atomic E-state index is 12.8. The minimum absolute atomic E-state index is 0.0841. The number of carbonyl (C=O) groups is 1. The van der Waals surface area contributed by atoms with E-state index in [-0.39, 0.29) is 27.4 Å². The molecule has 0 spiro atoms. The normalized spacial score (nSPS) is 32.8. The van der Waals surface area contributed by atoms with Crippen molar-refractivity contribution in [2.75, 3.05) is 14.1 Å². The Morgan fingerprint density at radius 2 is 1.88 bits per heavy atom. The monoisotopic (exact) mass is 396 g/mol. The van der Waals surface area contributed by atoms with Crippen LogP contribution >= 0.6 is 11.6 Å². The minimum atomic E-state index is -3.60. The van der Waals surface area contributed by atoms with Crippen LogP contribution in [0, 0.1) is 23.7 Å². The minimum Gasteiger partial charge on any atom is -0.349 e. The van der Waals surface area contributed by atoms with Crippen LogP contribution in [0.5, 0.6) is 0 Å². The zero-order chi connectivity index (χ0) is 18.6. The Morgan fingerprint density at radius 1 is 1.15 bits per heavy atom. The van der Waals surface area contributed by atoms with Gasteiger partial charge < -0.3 is 5.32 Å². The van der Waals surface area contributed by atoms with E-state index in [4.69, 9.17) is 11.6 Å². The summed E-state index contributed by atoms with van der Waals surface area (Å²) in [5, 5.41) is 3.44. The van der Waals surface area contributed by atoms with Crippen molar-refractivity contribution in [1.82, 2.24) is 9.62 Å². The summed E-state index contributed by atoms with van der Waals surface area (Å²) in [5.41, 5.74) is 0.236. The van der Waals surface area contributed by atoms with Gasteiger partial charge in [-0.3, -0.25) is 4.79 Å². The van der Waals surface area contributed by atoms with Crippen molar-refractivity contribution in [1.29, 1.82) is 0 Å². The number of rotatable bonds is 4. The molecule has 2 bridgehead atoms. The van der Waals surface area contributed by atoms with E-state index in [0.29, 0.717) is 5.92 Å². The van der Waals surface area contributed by atoms with Crippen molar-refractivity contribution in [3.05, 3.63) is 28.8 Å². The number of amides is 1. The number of benzene rings is 1. The van der Waals surface area contributed by atoms with Crippen LogP contribution in [0.3, 0.4) is 0 Å². The third-order valence-corrected chi connectivity index (χ3v) is 8.85. The van der Waals surface area contributed by atoms with Crippen LogP contribution in [0.15, 0.2) is 23.1 Å². The standard InChI is InChI=1S/C19H25ClN2O3S/c1-22(2)26(24,25)12-6-7-17(20)16(10-12)19(23)21-18-9-11-8-15(18)14-5-3-4-13(11)14/h6-7,10-11,13-15,18H,3-5,8-9H2,1-2H3,(H,21,23). The molecule has 5 nitrogen and oxygen atoms in total. The van der Waals surface area contributed by atoms with Gasteiger partial charge in [0.25, 0.3) is 5.91 Å². The van der Waals surface area contributed by atoms with E-state index in [1.54, 1.807) is 0 Å². The van der Waals surface area contributed by atoms with Crippen LogP contribution in [0.2, 0.25) is 5.02 Å². The molecule has 1 N–H and O–H groups in total. The topological polar surface area (TPSA) is 66.5 Å². The van der Waals surface area contributed by atoms with E-state index >= 15 is 0 Å². The van der Waals surface area contributed by atoms with Gasteiger partial charge in [0.2, 0.25) is 10.0 Å². The molecule has 5 unspecified atom stereocenters. The Morgan fingerprint density at radius 3 is 2.62 bits per heavy atom. The molecule has 0 saturated heterocycles. The number of sulfonamides is 1. The molecule has 4 rings (SSSR count). The van der Waals surface area contributed by atoms with E-state index in [9.17, 15) is 13.2 Å². The van der Waals surface area contributed by atoms with E-state index in [2.05, 4.69) is 5.32 Å². The molecule has 3 aliphatic rings. The third kappa shape index (κ3) is 2.86. The first-order valence-corrected chi connectivity index (χ1v) is 11.1. The second-order valence-electron chi connectivity index (χ2n) is 8.16. The fourth-order valence-electron chi connectivity index (χ4n) is 5.53. The lowest BCUT2D eigenvalue weighted by atomic mass is 9.79. The predicted molar refractivity (Wildman–Crippen MR) is 101 cm³/mol. The first-order chi connectivity index (χ1) is 12.3. The number of nitrogens with one attached hydrogen (secondary N) is 1. The lowest BCUT2D eigenvalue weighted by molar-refractivity contribution is 0.0901. The number of halogens is 1. The molecular weight excluding hydrogens is 372 g/mol. The molecule has 3 saturated carbocycles. The van der Waals surface area contributed by atoms with Crippen molar-refractivity contribution in [2.24, 2.45) is 23.7 Å². The molecule has 7 heteroatoms. The van der Waals surface area contributed by atoms with Crippen LogP contribution in [-0.4, -0.2) is 38.8 Å². The average molecular weight is 397 g/mol. The van der Waals surface area contributed by atoms with Crippen LogP contribution in [-0.2, 0) is 10.0 Å². The Hall–Kier alpha value is -1.11. The predicted octanol–water partition coefficient (Wildman–Crippen LogP) is 3.14. The number of fused-ring (bicyclic) bond motifs is 5. The van der Waals surface area contributed by atoms with Crippen molar-refractivity contribution in [2.45, 2.75) is 43.0 Å². The Kier molecular flexibility index (Phi) is 4.56. The average Bonchev–Trinajstić information content (AvgIpc) is 3.27. The molecule has 0 heterocycles. The van der Waals surface area contributed by atoms with Crippen LogP contribution in [0.4, 0.5) is 0 Å². The van der Waals surface area contributed by atoms with Crippen molar-refractivity contribution >= 4 is 27.5 Å². The zero-order valence-electron chi connectivity index (χ0n) is 15.1. The number of carbonyl (C=O) groups excluding carboxylic acids is 1. The summed E-state index contributed by atoms with van der Waals surface area (Å²) in [6.45, 7) is 0. The number of nitrogens with zero attached hydrogens (tertiary/aromatic N) is 1. The van der Waals surface area contributed by atoms with E-state index in [1.807, 2.05) is 0 Å². The van der Waals surface area contributed by atoms with E-state index in [0.717, 1.165) is 28.5 Å². The fraction of sp³-hybridized carbons (Fsp3) is 0.632. The maximum Gasteiger partial charge on any atom is 0.253 e. The summed E-state index contributed by atoms with van der Waals surface area (Å²) >= 11 is 6.21. The SMILES string of the molecule is CN(C)S(=O)(=O)c1ccc(Cl)c(C(=O)NC2CC3CC2C2CCCC32)c1. The van der Waals surface area contributed by atoms with Crippen molar-refractivity contribution in [3.8, 4) is 0 Å². The second kappa shape index (κ2) is 6.50. The molecule has 1 aromatic carbocycles. The van der Waals surface area contributed by atoms with Gasteiger partial charge in [-0.1, -0.05) is 18.0 Å². The van der Waals surface area contributed by atoms with Gasteiger partial charge in [-0.2, -0.15) is 0 Å². The van der Waals surface area contributed by atoms with Crippen LogP contribution < -0.4 is 5.32 Å². The summed E-state index contributed by atoms with van der Waals surface area (Å²) in [6.07, 6.45) is 6.23. The molecule has 3 fully saturated rings. The maximum atomic E-state index is 12.8. The molecule has 26 heavy (non-hydrogen) atoms. The first kappa shape index (κ1) is 18.3. The molecule has 1 amide bonds. The summed E-state index contributed by atoms with van der Waals surface area (Å²) in [6, 6.07) is 4.51. The van der Waals surface area contributed by atoms with Gasteiger partial charge in [-0.15, -0.1) is 0 Å². The van der Waals surface area contributed by atoms with Gasteiger partial charge >= 0.3 is 0 Å². The largest absolute Gasteiger partial charge is 0.349 e. The fourth-order valence-corrected chi connectivity index (χ4v) is 6.66. The second-order valence-corrected chi connectivity index (χ2v) is 10.7. The third-order valence-electron chi connectivity index (χ3n) is 6.71. The van der Waals surface area contributed by atoms with Gasteiger partial charge in [0.1, 0.15) is 0 Å².